The minimum absolute atomic E-state index is 0.0150. The number of rotatable bonds is 4. The lowest BCUT2D eigenvalue weighted by Gasteiger charge is -2.22. The molecule has 1 amide bonds. The number of carbonyl (C=O) groups excluding carboxylic acids is 1. The number of halogens is 1. The molecule has 3 rings (SSSR count). The number of benzene rings is 1. The van der Waals surface area contributed by atoms with Crippen LogP contribution in [0.3, 0.4) is 0 Å². The smallest absolute Gasteiger partial charge is 0.223 e. The van der Waals surface area contributed by atoms with E-state index >= 15 is 0 Å². The molecule has 1 fully saturated rings. The maximum atomic E-state index is 12.1. The Bertz CT molecular complexity index is 557. The molecule has 1 aromatic rings. The second-order valence-corrected chi connectivity index (χ2v) is 6.50. The second-order valence-electron chi connectivity index (χ2n) is 5.65. The van der Waals surface area contributed by atoms with Gasteiger partial charge in [-0.25, -0.2) is 0 Å². The fourth-order valence-electron chi connectivity index (χ4n) is 2.80. The number of ether oxygens (including phenoxy) is 3. The zero-order chi connectivity index (χ0) is 15.5. The van der Waals surface area contributed by atoms with Crippen LogP contribution in [-0.2, 0) is 9.53 Å². The van der Waals surface area contributed by atoms with Crippen LogP contribution in [-0.4, -0.2) is 31.8 Å². The largest absolute Gasteiger partial charge is 0.486 e. The molecular formula is C16H20BrNO4. The zero-order valence-electron chi connectivity index (χ0n) is 12.6. The molecule has 120 valence electrons. The van der Waals surface area contributed by atoms with E-state index in [-0.39, 0.29) is 18.1 Å². The van der Waals surface area contributed by atoms with Crippen LogP contribution in [0.25, 0.3) is 0 Å². The summed E-state index contributed by atoms with van der Waals surface area (Å²) in [4.78, 5) is 12.1. The number of hydrogen-bond donors (Lipinski definition) is 1. The number of nitrogens with one attached hydrogen (secondary N) is 1. The van der Waals surface area contributed by atoms with E-state index in [1.807, 2.05) is 19.1 Å². The number of amides is 1. The van der Waals surface area contributed by atoms with E-state index < -0.39 is 0 Å². The Morgan fingerprint density at radius 2 is 2.05 bits per heavy atom. The Morgan fingerprint density at radius 1 is 1.32 bits per heavy atom. The summed E-state index contributed by atoms with van der Waals surface area (Å²) in [5.41, 5.74) is 0.977. The second kappa shape index (κ2) is 6.87. The third-order valence-electron chi connectivity index (χ3n) is 3.94. The van der Waals surface area contributed by atoms with Crippen LogP contribution in [0.5, 0.6) is 11.5 Å². The van der Waals surface area contributed by atoms with Crippen molar-refractivity contribution in [2.45, 2.75) is 38.3 Å². The lowest BCUT2D eigenvalue weighted by molar-refractivity contribution is -0.123. The molecule has 5 nitrogen and oxygen atoms in total. The summed E-state index contributed by atoms with van der Waals surface area (Å²) in [6, 6.07) is 3.71. The Kier molecular flexibility index (Phi) is 4.88. The molecule has 1 aromatic carbocycles. The first-order chi connectivity index (χ1) is 10.6. The van der Waals surface area contributed by atoms with Gasteiger partial charge in [-0.1, -0.05) is 15.9 Å². The van der Waals surface area contributed by atoms with Crippen LogP contribution in [0.4, 0.5) is 0 Å². The van der Waals surface area contributed by atoms with Gasteiger partial charge in [-0.2, -0.15) is 0 Å². The van der Waals surface area contributed by atoms with Gasteiger partial charge in [0.25, 0.3) is 0 Å². The predicted octanol–water partition coefficient (Wildman–Crippen LogP) is 2.97. The zero-order valence-corrected chi connectivity index (χ0v) is 14.1. The van der Waals surface area contributed by atoms with Crippen molar-refractivity contribution in [3.8, 4) is 11.5 Å². The van der Waals surface area contributed by atoms with Gasteiger partial charge < -0.3 is 19.5 Å². The molecule has 2 aliphatic rings. The molecule has 22 heavy (non-hydrogen) atoms. The molecule has 2 unspecified atom stereocenters. The molecule has 0 aliphatic carbocycles. The van der Waals surface area contributed by atoms with Crippen molar-refractivity contribution in [1.82, 2.24) is 5.32 Å². The van der Waals surface area contributed by atoms with Gasteiger partial charge in [0, 0.05) is 11.1 Å². The SMILES string of the molecule is CC(NC(=O)CC1CCCO1)c1cc2c(cc1Br)OCCO2. The third-order valence-corrected chi connectivity index (χ3v) is 4.63. The van der Waals surface area contributed by atoms with Gasteiger partial charge in [0.2, 0.25) is 5.91 Å². The van der Waals surface area contributed by atoms with Crippen molar-refractivity contribution in [3.63, 3.8) is 0 Å². The summed E-state index contributed by atoms with van der Waals surface area (Å²) in [5.74, 6) is 1.48. The average Bonchev–Trinajstić information content (AvgIpc) is 2.99. The van der Waals surface area contributed by atoms with Gasteiger partial charge in [-0.3, -0.25) is 4.79 Å². The van der Waals surface area contributed by atoms with E-state index in [0.717, 1.165) is 41.0 Å². The third kappa shape index (κ3) is 3.55. The van der Waals surface area contributed by atoms with Crippen LogP contribution in [0.15, 0.2) is 16.6 Å². The molecule has 6 heteroatoms. The summed E-state index contributed by atoms with van der Waals surface area (Å²) in [6.07, 6.45) is 2.50. The summed E-state index contributed by atoms with van der Waals surface area (Å²) in [5, 5.41) is 3.03. The Labute approximate surface area is 138 Å². The van der Waals surface area contributed by atoms with Crippen molar-refractivity contribution in [2.75, 3.05) is 19.8 Å². The van der Waals surface area contributed by atoms with Gasteiger partial charge in [-0.15, -0.1) is 0 Å². The standard InChI is InChI=1S/C16H20BrNO4/c1-10(18-16(19)7-11-3-2-4-20-11)12-8-14-15(9-13(12)17)22-6-5-21-14/h8-11H,2-7H2,1H3,(H,18,19). The molecule has 0 bridgehead atoms. The average molecular weight is 370 g/mol. The lowest BCUT2D eigenvalue weighted by Crippen LogP contribution is -2.30. The maximum absolute atomic E-state index is 12.1. The first kappa shape index (κ1) is 15.6. The highest BCUT2D eigenvalue weighted by Gasteiger charge is 2.22. The van der Waals surface area contributed by atoms with Crippen molar-refractivity contribution >= 4 is 21.8 Å². The Balaban J connectivity index is 1.66. The lowest BCUT2D eigenvalue weighted by atomic mass is 10.1. The van der Waals surface area contributed by atoms with Crippen molar-refractivity contribution in [1.29, 1.82) is 0 Å². The van der Waals surface area contributed by atoms with Gasteiger partial charge in [0.05, 0.1) is 18.6 Å². The molecule has 2 atom stereocenters. The quantitative estimate of drug-likeness (QED) is 0.886. The highest BCUT2D eigenvalue weighted by atomic mass is 79.9. The normalized spacial score (nSPS) is 21.5. The van der Waals surface area contributed by atoms with Crippen LogP contribution in [0, 0.1) is 0 Å². The first-order valence-corrected chi connectivity index (χ1v) is 8.43. The predicted molar refractivity (Wildman–Crippen MR) is 85.3 cm³/mol. The fourth-order valence-corrected chi connectivity index (χ4v) is 3.47. The maximum Gasteiger partial charge on any atom is 0.223 e. The summed E-state index contributed by atoms with van der Waals surface area (Å²) >= 11 is 3.54. The molecular weight excluding hydrogens is 350 g/mol. The molecule has 0 radical (unpaired) electrons. The highest BCUT2D eigenvalue weighted by molar-refractivity contribution is 9.10. The van der Waals surface area contributed by atoms with E-state index in [9.17, 15) is 4.79 Å². The van der Waals surface area contributed by atoms with Crippen LogP contribution >= 0.6 is 15.9 Å². The molecule has 0 saturated carbocycles. The van der Waals surface area contributed by atoms with Crippen LogP contribution < -0.4 is 14.8 Å². The van der Waals surface area contributed by atoms with E-state index in [0.29, 0.717) is 19.6 Å². The Morgan fingerprint density at radius 3 is 2.73 bits per heavy atom. The number of fused-ring (bicyclic) bond motifs is 1. The first-order valence-electron chi connectivity index (χ1n) is 7.63. The number of carbonyl (C=O) groups is 1. The molecule has 1 saturated heterocycles. The molecule has 0 aromatic heterocycles. The molecule has 1 N–H and O–H groups in total. The van der Waals surface area contributed by atoms with Crippen molar-refractivity contribution in [2.24, 2.45) is 0 Å². The van der Waals surface area contributed by atoms with E-state index in [2.05, 4.69) is 21.2 Å². The van der Waals surface area contributed by atoms with Crippen molar-refractivity contribution in [3.05, 3.63) is 22.2 Å². The van der Waals surface area contributed by atoms with Gasteiger partial charge in [0.1, 0.15) is 13.2 Å². The summed E-state index contributed by atoms with van der Waals surface area (Å²) in [6.45, 7) is 3.84. The van der Waals surface area contributed by atoms with Gasteiger partial charge >= 0.3 is 0 Å². The minimum Gasteiger partial charge on any atom is -0.486 e. The van der Waals surface area contributed by atoms with Crippen molar-refractivity contribution < 1.29 is 19.0 Å². The Hall–Kier alpha value is -1.27. The van der Waals surface area contributed by atoms with E-state index in [1.165, 1.54) is 0 Å². The summed E-state index contributed by atoms with van der Waals surface area (Å²) in [7, 11) is 0. The summed E-state index contributed by atoms with van der Waals surface area (Å²) < 4.78 is 17.6. The topological polar surface area (TPSA) is 56.8 Å². The monoisotopic (exact) mass is 369 g/mol. The number of hydrogen-bond acceptors (Lipinski definition) is 4. The fraction of sp³-hybridized carbons (Fsp3) is 0.562. The van der Waals surface area contributed by atoms with Gasteiger partial charge in [-0.05, 0) is 37.5 Å². The van der Waals surface area contributed by atoms with Crippen LogP contribution in [0.2, 0.25) is 0 Å². The van der Waals surface area contributed by atoms with Crippen LogP contribution in [0.1, 0.15) is 37.8 Å². The minimum atomic E-state index is -0.112. The molecule has 2 aliphatic heterocycles. The molecule has 2 heterocycles. The molecule has 0 spiro atoms. The highest BCUT2D eigenvalue weighted by Crippen LogP contribution is 2.37. The van der Waals surface area contributed by atoms with E-state index in [1.54, 1.807) is 0 Å². The van der Waals surface area contributed by atoms with Gasteiger partial charge in [0.15, 0.2) is 11.5 Å². The van der Waals surface area contributed by atoms with E-state index in [4.69, 9.17) is 14.2 Å².